The Bertz CT molecular complexity index is 464. The van der Waals surface area contributed by atoms with Crippen LogP contribution >= 0.6 is 11.6 Å². The van der Waals surface area contributed by atoms with Gasteiger partial charge in [-0.1, -0.05) is 24.6 Å². The van der Waals surface area contributed by atoms with E-state index in [1.165, 1.54) is 6.07 Å². The van der Waals surface area contributed by atoms with Gasteiger partial charge in [-0.05, 0) is 30.7 Å². The Morgan fingerprint density at radius 3 is 2.71 bits per heavy atom. The largest absolute Gasteiger partial charge is 0.381 e. The fourth-order valence-corrected chi connectivity index (χ4v) is 3.12. The number of rotatable bonds is 6. The highest BCUT2D eigenvalue weighted by molar-refractivity contribution is 6.30. The second-order valence-electron chi connectivity index (χ2n) is 5.44. The second-order valence-corrected chi connectivity index (χ2v) is 5.85. The summed E-state index contributed by atoms with van der Waals surface area (Å²) in [6.45, 7) is 4.31. The van der Waals surface area contributed by atoms with Crippen LogP contribution in [-0.4, -0.2) is 38.5 Å². The average Bonchev–Trinajstić information content (AvgIpc) is 2.51. The van der Waals surface area contributed by atoms with Gasteiger partial charge in [-0.3, -0.25) is 0 Å². The molecule has 1 atom stereocenters. The normalized spacial score (nSPS) is 19.4. The standard InChI is InChI=1S/C16H23ClFNO2/c1-3-19-15(16(20-2)6-8-21-9-7-16)11-12-4-5-13(17)14(18)10-12/h4-5,10,15,19H,3,6-9,11H2,1-2H3. The molecule has 1 aliphatic rings. The lowest BCUT2D eigenvalue weighted by Crippen LogP contribution is -2.56. The van der Waals surface area contributed by atoms with E-state index >= 15 is 0 Å². The molecule has 1 N–H and O–H groups in total. The molecule has 0 saturated carbocycles. The summed E-state index contributed by atoms with van der Waals surface area (Å²) in [4.78, 5) is 0. The van der Waals surface area contributed by atoms with Gasteiger partial charge in [-0.15, -0.1) is 0 Å². The minimum atomic E-state index is -0.372. The number of hydrogen-bond donors (Lipinski definition) is 1. The highest BCUT2D eigenvalue weighted by Gasteiger charge is 2.40. The van der Waals surface area contributed by atoms with E-state index < -0.39 is 0 Å². The smallest absolute Gasteiger partial charge is 0.142 e. The number of nitrogens with one attached hydrogen (secondary N) is 1. The summed E-state index contributed by atoms with van der Waals surface area (Å²) in [6.07, 6.45) is 2.39. The van der Waals surface area contributed by atoms with Gasteiger partial charge >= 0.3 is 0 Å². The fraction of sp³-hybridized carbons (Fsp3) is 0.625. The minimum Gasteiger partial charge on any atom is -0.381 e. The van der Waals surface area contributed by atoms with Gasteiger partial charge in [0.1, 0.15) is 5.82 Å². The van der Waals surface area contributed by atoms with Crippen molar-refractivity contribution in [2.45, 2.75) is 37.8 Å². The molecule has 1 saturated heterocycles. The number of hydrogen-bond acceptors (Lipinski definition) is 3. The van der Waals surface area contributed by atoms with Crippen molar-refractivity contribution in [2.24, 2.45) is 0 Å². The lowest BCUT2D eigenvalue weighted by atomic mass is 9.82. The molecule has 21 heavy (non-hydrogen) atoms. The number of likely N-dealkylation sites (N-methyl/N-ethyl adjacent to an activating group) is 1. The molecule has 0 amide bonds. The van der Waals surface area contributed by atoms with Crippen molar-refractivity contribution < 1.29 is 13.9 Å². The van der Waals surface area contributed by atoms with Crippen molar-refractivity contribution >= 4 is 11.6 Å². The number of methoxy groups -OCH3 is 1. The van der Waals surface area contributed by atoms with Crippen molar-refractivity contribution in [2.75, 3.05) is 26.9 Å². The first-order chi connectivity index (χ1) is 10.1. The zero-order chi connectivity index (χ0) is 15.3. The summed E-state index contributed by atoms with van der Waals surface area (Å²) < 4.78 is 24.9. The van der Waals surface area contributed by atoms with Crippen molar-refractivity contribution in [1.82, 2.24) is 5.32 Å². The Balaban J connectivity index is 2.18. The van der Waals surface area contributed by atoms with E-state index in [4.69, 9.17) is 21.1 Å². The van der Waals surface area contributed by atoms with Crippen LogP contribution in [0.15, 0.2) is 18.2 Å². The summed E-state index contributed by atoms with van der Waals surface area (Å²) in [6, 6.07) is 5.11. The van der Waals surface area contributed by atoms with Crippen LogP contribution in [0.5, 0.6) is 0 Å². The van der Waals surface area contributed by atoms with E-state index in [2.05, 4.69) is 12.2 Å². The molecule has 1 aromatic rings. The minimum absolute atomic E-state index is 0.122. The third kappa shape index (κ3) is 3.95. The predicted molar refractivity (Wildman–Crippen MR) is 82.4 cm³/mol. The average molecular weight is 316 g/mol. The molecule has 5 heteroatoms. The van der Waals surface area contributed by atoms with Crippen LogP contribution < -0.4 is 5.32 Å². The maximum atomic E-state index is 13.6. The molecule has 2 rings (SSSR count). The highest BCUT2D eigenvalue weighted by Crippen LogP contribution is 2.30. The lowest BCUT2D eigenvalue weighted by molar-refractivity contribution is -0.110. The SMILES string of the molecule is CCNC(Cc1ccc(Cl)c(F)c1)C1(OC)CCOCC1. The van der Waals surface area contributed by atoms with Gasteiger partial charge in [-0.2, -0.15) is 0 Å². The molecule has 0 radical (unpaired) electrons. The Morgan fingerprint density at radius 2 is 2.14 bits per heavy atom. The van der Waals surface area contributed by atoms with Crippen molar-refractivity contribution in [3.05, 3.63) is 34.6 Å². The molecular formula is C16H23ClFNO2. The summed E-state index contributed by atoms with van der Waals surface area (Å²) >= 11 is 5.75. The van der Waals surface area contributed by atoms with E-state index in [0.29, 0.717) is 19.6 Å². The summed E-state index contributed by atoms with van der Waals surface area (Å²) in [5.41, 5.74) is 0.662. The van der Waals surface area contributed by atoms with Gasteiger partial charge < -0.3 is 14.8 Å². The van der Waals surface area contributed by atoms with E-state index in [1.807, 2.05) is 6.07 Å². The molecular weight excluding hydrogens is 293 g/mol. The van der Waals surface area contributed by atoms with Crippen LogP contribution in [0, 0.1) is 5.82 Å². The summed E-state index contributed by atoms with van der Waals surface area (Å²) in [5.74, 6) is -0.372. The maximum absolute atomic E-state index is 13.6. The van der Waals surface area contributed by atoms with E-state index in [-0.39, 0.29) is 22.5 Å². The van der Waals surface area contributed by atoms with Gasteiger partial charge in [0.2, 0.25) is 0 Å². The molecule has 118 valence electrons. The van der Waals surface area contributed by atoms with Crippen molar-refractivity contribution in [3.63, 3.8) is 0 Å². The van der Waals surface area contributed by atoms with Crippen molar-refractivity contribution in [1.29, 1.82) is 0 Å². The van der Waals surface area contributed by atoms with Crippen molar-refractivity contribution in [3.8, 4) is 0 Å². The zero-order valence-corrected chi connectivity index (χ0v) is 13.4. The van der Waals surface area contributed by atoms with E-state index in [1.54, 1.807) is 13.2 Å². The van der Waals surface area contributed by atoms with Gasteiger partial charge in [0, 0.05) is 39.2 Å². The van der Waals surface area contributed by atoms with Gasteiger partial charge in [0.25, 0.3) is 0 Å². The first-order valence-corrected chi connectivity index (χ1v) is 7.79. The highest BCUT2D eigenvalue weighted by atomic mass is 35.5. The topological polar surface area (TPSA) is 30.5 Å². The zero-order valence-electron chi connectivity index (χ0n) is 12.6. The van der Waals surface area contributed by atoms with Crippen LogP contribution in [-0.2, 0) is 15.9 Å². The number of ether oxygens (including phenoxy) is 2. The Morgan fingerprint density at radius 1 is 1.43 bits per heavy atom. The molecule has 0 bridgehead atoms. The van der Waals surface area contributed by atoms with E-state index in [9.17, 15) is 4.39 Å². The lowest BCUT2D eigenvalue weighted by Gasteiger charge is -2.42. The first kappa shape index (κ1) is 16.7. The van der Waals surface area contributed by atoms with Crippen LogP contribution in [0.2, 0.25) is 5.02 Å². The van der Waals surface area contributed by atoms with Crippen LogP contribution in [0.3, 0.4) is 0 Å². The van der Waals surface area contributed by atoms with Crippen LogP contribution in [0.4, 0.5) is 4.39 Å². The molecule has 0 spiro atoms. The predicted octanol–water partition coefficient (Wildman–Crippen LogP) is 3.20. The molecule has 1 fully saturated rings. The summed E-state index contributed by atoms with van der Waals surface area (Å²) in [7, 11) is 1.75. The second kappa shape index (κ2) is 7.54. The van der Waals surface area contributed by atoms with Gasteiger partial charge in [-0.25, -0.2) is 4.39 Å². The van der Waals surface area contributed by atoms with Crippen LogP contribution in [0.25, 0.3) is 0 Å². The van der Waals surface area contributed by atoms with Crippen LogP contribution in [0.1, 0.15) is 25.3 Å². The first-order valence-electron chi connectivity index (χ1n) is 7.41. The molecule has 3 nitrogen and oxygen atoms in total. The monoisotopic (exact) mass is 315 g/mol. The Labute approximate surface area is 130 Å². The van der Waals surface area contributed by atoms with Gasteiger partial charge in [0.05, 0.1) is 10.6 Å². The third-order valence-corrected chi connectivity index (χ3v) is 4.56. The Kier molecular flexibility index (Phi) is 5.99. The number of halogens is 2. The number of benzene rings is 1. The van der Waals surface area contributed by atoms with E-state index in [0.717, 1.165) is 24.9 Å². The molecule has 0 aromatic heterocycles. The molecule has 1 heterocycles. The Hall–Kier alpha value is -0.680. The maximum Gasteiger partial charge on any atom is 0.142 e. The quantitative estimate of drug-likeness (QED) is 0.874. The fourth-order valence-electron chi connectivity index (χ4n) is 3.00. The summed E-state index contributed by atoms with van der Waals surface area (Å²) in [5, 5.41) is 3.65. The molecule has 1 unspecified atom stereocenters. The molecule has 1 aliphatic heterocycles. The molecule has 0 aliphatic carbocycles. The third-order valence-electron chi connectivity index (χ3n) is 4.26. The molecule has 1 aromatic carbocycles. The van der Waals surface area contributed by atoms with Gasteiger partial charge in [0.15, 0.2) is 0 Å².